The van der Waals surface area contributed by atoms with Crippen LogP contribution in [-0.4, -0.2) is 30.7 Å². The predicted molar refractivity (Wildman–Crippen MR) is 56.6 cm³/mol. The van der Waals surface area contributed by atoms with Gasteiger partial charge in [-0.25, -0.2) is 4.79 Å². The van der Waals surface area contributed by atoms with E-state index in [0.29, 0.717) is 17.1 Å². The zero-order valence-electron chi connectivity index (χ0n) is 9.10. The van der Waals surface area contributed by atoms with Crippen LogP contribution in [0.5, 0.6) is 11.5 Å². The second-order valence-electron chi connectivity index (χ2n) is 3.92. The number of imide groups is 1. The molecule has 1 atom stereocenters. The van der Waals surface area contributed by atoms with Crippen LogP contribution >= 0.6 is 0 Å². The van der Waals surface area contributed by atoms with E-state index < -0.39 is 12.1 Å². The van der Waals surface area contributed by atoms with Gasteiger partial charge in [-0.3, -0.25) is 10.1 Å². The van der Waals surface area contributed by atoms with Gasteiger partial charge in [0.2, 0.25) is 6.79 Å². The van der Waals surface area contributed by atoms with E-state index in [2.05, 4.69) is 5.32 Å². The quantitative estimate of drug-likeness (QED) is 0.724. The molecule has 0 bridgehead atoms. The van der Waals surface area contributed by atoms with Gasteiger partial charge in [0.15, 0.2) is 11.5 Å². The third kappa shape index (κ3) is 1.41. The summed E-state index contributed by atoms with van der Waals surface area (Å²) < 4.78 is 10.4. The van der Waals surface area contributed by atoms with Crippen LogP contribution in [0.3, 0.4) is 0 Å². The second-order valence-corrected chi connectivity index (χ2v) is 3.92. The van der Waals surface area contributed by atoms with Crippen molar-refractivity contribution in [1.82, 2.24) is 10.2 Å². The van der Waals surface area contributed by atoms with Gasteiger partial charge in [-0.1, -0.05) is 6.07 Å². The number of nitrogens with one attached hydrogen (secondary N) is 1. The van der Waals surface area contributed by atoms with Gasteiger partial charge in [0.25, 0.3) is 5.91 Å². The zero-order chi connectivity index (χ0) is 12.0. The number of hydrogen-bond donors (Lipinski definition) is 1. The summed E-state index contributed by atoms with van der Waals surface area (Å²) in [5, 5.41) is 2.26. The van der Waals surface area contributed by atoms with Crippen LogP contribution in [0.1, 0.15) is 11.6 Å². The van der Waals surface area contributed by atoms with Gasteiger partial charge < -0.3 is 14.4 Å². The van der Waals surface area contributed by atoms with E-state index in [-0.39, 0.29) is 12.7 Å². The molecule has 2 heterocycles. The zero-order valence-corrected chi connectivity index (χ0v) is 9.10. The number of nitrogens with zero attached hydrogens (tertiary/aromatic N) is 1. The van der Waals surface area contributed by atoms with Gasteiger partial charge in [0.1, 0.15) is 6.04 Å². The maximum Gasteiger partial charge on any atom is 0.324 e. The summed E-state index contributed by atoms with van der Waals surface area (Å²) in [7, 11) is 1.58. The number of hydrogen-bond acceptors (Lipinski definition) is 4. The predicted octanol–water partition coefficient (Wildman–Crippen LogP) is 0.638. The molecular weight excluding hydrogens is 224 g/mol. The maximum atomic E-state index is 11.7. The molecule has 3 rings (SSSR count). The number of rotatable bonds is 1. The number of urea groups is 1. The number of likely N-dealkylation sites (N-methyl/N-ethyl adjacent to an activating group) is 1. The molecule has 1 aromatic rings. The van der Waals surface area contributed by atoms with Crippen molar-refractivity contribution in [2.75, 3.05) is 13.8 Å². The molecule has 1 aromatic carbocycles. The molecule has 6 heteroatoms. The molecule has 88 valence electrons. The first-order valence-electron chi connectivity index (χ1n) is 5.14. The molecule has 0 aliphatic carbocycles. The van der Waals surface area contributed by atoms with Crippen molar-refractivity contribution in [3.8, 4) is 11.5 Å². The summed E-state index contributed by atoms with van der Waals surface area (Å²) in [6.07, 6.45) is 0. The van der Waals surface area contributed by atoms with Crippen molar-refractivity contribution in [1.29, 1.82) is 0 Å². The van der Waals surface area contributed by atoms with Gasteiger partial charge in [-0.2, -0.15) is 0 Å². The first-order chi connectivity index (χ1) is 8.16. The highest BCUT2D eigenvalue weighted by atomic mass is 16.7. The Morgan fingerprint density at radius 3 is 2.76 bits per heavy atom. The van der Waals surface area contributed by atoms with Crippen LogP contribution < -0.4 is 14.8 Å². The van der Waals surface area contributed by atoms with Gasteiger partial charge in [0.05, 0.1) is 0 Å². The molecular formula is C11H10N2O4. The minimum Gasteiger partial charge on any atom is -0.454 e. The van der Waals surface area contributed by atoms with E-state index in [9.17, 15) is 9.59 Å². The lowest BCUT2D eigenvalue weighted by Crippen LogP contribution is -2.25. The SMILES string of the molecule is CN1C(=O)NC(=O)C1c1ccc2c(c1)OCO2. The molecule has 6 nitrogen and oxygen atoms in total. The number of fused-ring (bicyclic) bond motifs is 1. The Labute approximate surface area is 97.1 Å². The van der Waals surface area contributed by atoms with Crippen LogP contribution in [0, 0.1) is 0 Å². The van der Waals surface area contributed by atoms with Crippen molar-refractivity contribution in [3.05, 3.63) is 23.8 Å². The van der Waals surface area contributed by atoms with E-state index in [1.807, 2.05) is 0 Å². The molecule has 0 radical (unpaired) electrons. The van der Waals surface area contributed by atoms with E-state index in [1.54, 1.807) is 25.2 Å². The summed E-state index contributed by atoms with van der Waals surface area (Å²) in [5.41, 5.74) is 0.708. The number of ether oxygens (including phenoxy) is 2. The Bertz CT molecular complexity index is 514. The van der Waals surface area contributed by atoms with Gasteiger partial charge in [-0.05, 0) is 17.7 Å². The fraction of sp³-hybridized carbons (Fsp3) is 0.273. The van der Waals surface area contributed by atoms with E-state index >= 15 is 0 Å². The molecule has 17 heavy (non-hydrogen) atoms. The highest BCUT2D eigenvalue weighted by molar-refractivity contribution is 6.04. The molecule has 3 amide bonds. The van der Waals surface area contributed by atoms with Crippen molar-refractivity contribution in [2.45, 2.75) is 6.04 Å². The fourth-order valence-electron chi connectivity index (χ4n) is 2.01. The van der Waals surface area contributed by atoms with Gasteiger partial charge in [0, 0.05) is 7.05 Å². The van der Waals surface area contributed by atoms with Crippen LogP contribution in [0.4, 0.5) is 4.79 Å². The van der Waals surface area contributed by atoms with Crippen LogP contribution in [0.25, 0.3) is 0 Å². The Morgan fingerprint density at radius 1 is 1.29 bits per heavy atom. The van der Waals surface area contributed by atoms with E-state index in [0.717, 1.165) is 0 Å². The molecule has 2 aliphatic heterocycles. The third-order valence-electron chi connectivity index (χ3n) is 2.90. The molecule has 1 saturated heterocycles. The number of benzene rings is 1. The highest BCUT2D eigenvalue weighted by Crippen LogP contribution is 2.36. The van der Waals surface area contributed by atoms with Gasteiger partial charge in [-0.15, -0.1) is 0 Å². The first-order valence-corrected chi connectivity index (χ1v) is 5.14. The molecule has 1 unspecified atom stereocenters. The smallest absolute Gasteiger partial charge is 0.324 e. The average Bonchev–Trinajstić information content (AvgIpc) is 2.84. The largest absolute Gasteiger partial charge is 0.454 e. The lowest BCUT2D eigenvalue weighted by atomic mass is 10.1. The number of amides is 3. The topological polar surface area (TPSA) is 67.9 Å². The third-order valence-corrected chi connectivity index (χ3v) is 2.90. The molecule has 1 N–H and O–H groups in total. The summed E-state index contributed by atoms with van der Waals surface area (Å²) in [6.45, 7) is 0.185. The Kier molecular flexibility index (Phi) is 1.98. The number of carbonyl (C=O) groups excluding carboxylic acids is 2. The number of carbonyl (C=O) groups is 2. The highest BCUT2D eigenvalue weighted by Gasteiger charge is 2.37. The minimum atomic E-state index is -0.600. The molecule has 0 aromatic heterocycles. The van der Waals surface area contributed by atoms with E-state index in [1.165, 1.54) is 4.90 Å². The molecule has 2 aliphatic rings. The normalized spacial score (nSPS) is 21.9. The van der Waals surface area contributed by atoms with Crippen LogP contribution in [0.2, 0.25) is 0 Å². The van der Waals surface area contributed by atoms with Crippen molar-refractivity contribution < 1.29 is 19.1 Å². The molecule has 0 saturated carbocycles. The van der Waals surface area contributed by atoms with Crippen molar-refractivity contribution in [2.24, 2.45) is 0 Å². The fourth-order valence-corrected chi connectivity index (χ4v) is 2.01. The van der Waals surface area contributed by atoms with Crippen molar-refractivity contribution in [3.63, 3.8) is 0 Å². The second kappa shape index (κ2) is 3.38. The first kappa shape index (κ1) is 9.95. The Hall–Kier alpha value is -2.24. The monoisotopic (exact) mass is 234 g/mol. The average molecular weight is 234 g/mol. The standard InChI is InChI=1S/C11H10N2O4/c1-13-9(10(14)12-11(13)15)6-2-3-7-8(4-6)17-5-16-7/h2-4,9H,5H2,1H3,(H,12,14,15). The summed E-state index contributed by atoms with van der Waals surface area (Å²) in [4.78, 5) is 24.4. The van der Waals surface area contributed by atoms with E-state index in [4.69, 9.17) is 9.47 Å². The summed E-state index contributed by atoms with van der Waals surface area (Å²) in [6, 6.07) is 4.23. The lowest BCUT2D eigenvalue weighted by Gasteiger charge is -2.16. The molecule has 0 spiro atoms. The van der Waals surface area contributed by atoms with Crippen LogP contribution in [-0.2, 0) is 4.79 Å². The minimum absolute atomic E-state index is 0.185. The Balaban J connectivity index is 1.99. The van der Waals surface area contributed by atoms with Crippen molar-refractivity contribution >= 4 is 11.9 Å². The molecule has 1 fully saturated rings. The maximum absolute atomic E-state index is 11.7. The van der Waals surface area contributed by atoms with Crippen LogP contribution in [0.15, 0.2) is 18.2 Å². The Morgan fingerprint density at radius 2 is 2.06 bits per heavy atom. The lowest BCUT2D eigenvalue weighted by molar-refractivity contribution is -0.121. The summed E-state index contributed by atoms with van der Waals surface area (Å²) >= 11 is 0. The summed E-state index contributed by atoms with van der Waals surface area (Å²) in [5.74, 6) is 0.931. The van der Waals surface area contributed by atoms with Gasteiger partial charge >= 0.3 is 6.03 Å².